The first kappa shape index (κ1) is 13.4. The molecule has 0 saturated carbocycles. The standard InChI is InChI=1S/C17H23N3/c1-13-6-5-7-14(10-13)12-20-17-9-4-3-8-16(18-2)15(17)11-19-20/h5-7,10-11,16,18H,3-4,8-9,12H2,1-2H3. The lowest BCUT2D eigenvalue weighted by Crippen LogP contribution is -2.16. The fraction of sp³-hybridized carbons (Fsp3) is 0.471. The number of nitrogens with one attached hydrogen (secondary N) is 1. The SMILES string of the molecule is CNC1CCCCc2c1cnn2Cc1cccc(C)c1. The lowest BCUT2D eigenvalue weighted by atomic mass is 10.1. The van der Waals surface area contributed by atoms with E-state index in [1.165, 1.54) is 41.6 Å². The van der Waals surface area contributed by atoms with Gasteiger partial charge in [-0.1, -0.05) is 36.2 Å². The highest BCUT2D eigenvalue weighted by molar-refractivity contribution is 5.26. The minimum absolute atomic E-state index is 0.471. The Hall–Kier alpha value is -1.61. The summed E-state index contributed by atoms with van der Waals surface area (Å²) >= 11 is 0. The predicted molar refractivity (Wildman–Crippen MR) is 81.9 cm³/mol. The molecular formula is C17H23N3. The number of nitrogens with zero attached hydrogens (tertiary/aromatic N) is 2. The van der Waals surface area contributed by atoms with Crippen LogP contribution in [0.5, 0.6) is 0 Å². The summed E-state index contributed by atoms with van der Waals surface area (Å²) in [6, 6.07) is 9.18. The smallest absolute Gasteiger partial charge is 0.0662 e. The van der Waals surface area contributed by atoms with Gasteiger partial charge >= 0.3 is 0 Å². The molecule has 1 unspecified atom stereocenters. The molecule has 0 fully saturated rings. The molecule has 20 heavy (non-hydrogen) atoms. The molecule has 1 N–H and O–H groups in total. The molecule has 2 aromatic rings. The zero-order valence-corrected chi connectivity index (χ0v) is 12.4. The average Bonchev–Trinajstić information content (AvgIpc) is 2.71. The molecule has 106 valence electrons. The predicted octanol–water partition coefficient (Wildman–Crippen LogP) is 3.23. The van der Waals surface area contributed by atoms with E-state index < -0.39 is 0 Å². The summed E-state index contributed by atoms with van der Waals surface area (Å²) in [4.78, 5) is 0. The molecule has 0 amide bonds. The third-order valence-electron chi connectivity index (χ3n) is 4.28. The molecule has 0 aliphatic heterocycles. The van der Waals surface area contributed by atoms with E-state index in [0.29, 0.717) is 6.04 Å². The summed E-state index contributed by atoms with van der Waals surface area (Å²) in [6.45, 7) is 3.03. The molecular weight excluding hydrogens is 246 g/mol. The molecule has 3 rings (SSSR count). The normalized spacial score (nSPS) is 18.6. The molecule has 1 aliphatic rings. The van der Waals surface area contributed by atoms with Crippen LogP contribution in [0.2, 0.25) is 0 Å². The fourth-order valence-electron chi connectivity index (χ4n) is 3.21. The first-order valence-electron chi connectivity index (χ1n) is 7.55. The number of aromatic nitrogens is 2. The van der Waals surface area contributed by atoms with E-state index in [-0.39, 0.29) is 0 Å². The van der Waals surface area contributed by atoms with Crippen LogP contribution >= 0.6 is 0 Å². The second-order valence-corrected chi connectivity index (χ2v) is 5.78. The summed E-state index contributed by atoms with van der Waals surface area (Å²) in [6.07, 6.45) is 7.01. The van der Waals surface area contributed by atoms with Crippen molar-refractivity contribution in [3.8, 4) is 0 Å². The largest absolute Gasteiger partial charge is 0.313 e. The average molecular weight is 269 g/mol. The molecule has 1 aliphatic carbocycles. The zero-order valence-electron chi connectivity index (χ0n) is 12.4. The summed E-state index contributed by atoms with van der Waals surface area (Å²) in [5.74, 6) is 0. The second kappa shape index (κ2) is 5.80. The fourth-order valence-corrected chi connectivity index (χ4v) is 3.21. The Morgan fingerprint density at radius 2 is 2.25 bits per heavy atom. The minimum Gasteiger partial charge on any atom is -0.313 e. The lowest BCUT2D eigenvalue weighted by Gasteiger charge is -2.13. The molecule has 0 radical (unpaired) electrons. The van der Waals surface area contributed by atoms with Gasteiger partial charge in [0, 0.05) is 17.3 Å². The minimum atomic E-state index is 0.471. The van der Waals surface area contributed by atoms with Crippen LogP contribution in [0.25, 0.3) is 0 Å². The summed E-state index contributed by atoms with van der Waals surface area (Å²) in [7, 11) is 2.05. The van der Waals surface area contributed by atoms with E-state index >= 15 is 0 Å². The molecule has 1 aromatic carbocycles. The third-order valence-corrected chi connectivity index (χ3v) is 4.28. The van der Waals surface area contributed by atoms with Gasteiger partial charge in [0.05, 0.1) is 12.7 Å². The highest BCUT2D eigenvalue weighted by atomic mass is 15.3. The molecule has 3 nitrogen and oxygen atoms in total. The Labute approximate surface area is 121 Å². The maximum atomic E-state index is 4.64. The van der Waals surface area contributed by atoms with Gasteiger partial charge in [-0.05, 0) is 38.8 Å². The van der Waals surface area contributed by atoms with Gasteiger partial charge in [-0.15, -0.1) is 0 Å². The van der Waals surface area contributed by atoms with E-state index in [1.54, 1.807) is 0 Å². The molecule has 0 saturated heterocycles. The van der Waals surface area contributed by atoms with Crippen LogP contribution in [0.1, 0.15) is 47.7 Å². The van der Waals surface area contributed by atoms with E-state index in [2.05, 4.69) is 59.5 Å². The highest BCUT2D eigenvalue weighted by Crippen LogP contribution is 2.28. The van der Waals surface area contributed by atoms with Crippen molar-refractivity contribution in [3.05, 3.63) is 52.8 Å². The van der Waals surface area contributed by atoms with Crippen molar-refractivity contribution in [1.29, 1.82) is 0 Å². The van der Waals surface area contributed by atoms with Gasteiger partial charge in [-0.2, -0.15) is 5.10 Å². The zero-order chi connectivity index (χ0) is 13.9. The van der Waals surface area contributed by atoms with Gasteiger partial charge < -0.3 is 5.32 Å². The van der Waals surface area contributed by atoms with Crippen LogP contribution in [-0.4, -0.2) is 16.8 Å². The Kier molecular flexibility index (Phi) is 3.88. The molecule has 1 atom stereocenters. The number of aryl methyl sites for hydroxylation is 1. The molecule has 1 heterocycles. The summed E-state index contributed by atoms with van der Waals surface area (Å²) in [5.41, 5.74) is 5.47. The van der Waals surface area contributed by atoms with Gasteiger partial charge in [0.1, 0.15) is 0 Å². The second-order valence-electron chi connectivity index (χ2n) is 5.78. The van der Waals surface area contributed by atoms with Gasteiger partial charge in [-0.25, -0.2) is 0 Å². The van der Waals surface area contributed by atoms with Crippen molar-refractivity contribution < 1.29 is 0 Å². The number of benzene rings is 1. The molecule has 3 heteroatoms. The van der Waals surface area contributed by atoms with Gasteiger partial charge in [0.2, 0.25) is 0 Å². The quantitative estimate of drug-likeness (QED) is 0.867. The monoisotopic (exact) mass is 269 g/mol. The van der Waals surface area contributed by atoms with Crippen LogP contribution < -0.4 is 5.32 Å². The van der Waals surface area contributed by atoms with Crippen molar-refractivity contribution in [3.63, 3.8) is 0 Å². The van der Waals surface area contributed by atoms with Crippen LogP contribution in [-0.2, 0) is 13.0 Å². The van der Waals surface area contributed by atoms with E-state index in [4.69, 9.17) is 0 Å². The van der Waals surface area contributed by atoms with Crippen LogP contribution in [0.3, 0.4) is 0 Å². The highest BCUT2D eigenvalue weighted by Gasteiger charge is 2.21. The Balaban J connectivity index is 1.90. The third kappa shape index (κ3) is 2.63. The van der Waals surface area contributed by atoms with Crippen molar-refractivity contribution >= 4 is 0 Å². The number of rotatable bonds is 3. The van der Waals surface area contributed by atoms with Crippen molar-refractivity contribution in [1.82, 2.24) is 15.1 Å². The van der Waals surface area contributed by atoms with Gasteiger partial charge in [-0.3, -0.25) is 4.68 Å². The van der Waals surface area contributed by atoms with Gasteiger partial charge in [0.25, 0.3) is 0 Å². The summed E-state index contributed by atoms with van der Waals surface area (Å²) in [5, 5.41) is 8.07. The van der Waals surface area contributed by atoms with Crippen LogP contribution in [0.15, 0.2) is 30.5 Å². The Morgan fingerprint density at radius 3 is 3.05 bits per heavy atom. The Morgan fingerprint density at radius 1 is 1.35 bits per heavy atom. The lowest BCUT2D eigenvalue weighted by molar-refractivity contribution is 0.532. The number of fused-ring (bicyclic) bond motifs is 1. The first-order valence-corrected chi connectivity index (χ1v) is 7.55. The maximum absolute atomic E-state index is 4.64. The maximum Gasteiger partial charge on any atom is 0.0662 e. The van der Waals surface area contributed by atoms with Crippen molar-refractivity contribution in [2.24, 2.45) is 0 Å². The van der Waals surface area contributed by atoms with Gasteiger partial charge in [0.15, 0.2) is 0 Å². The topological polar surface area (TPSA) is 29.9 Å². The first-order chi connectivity index (χ1) is 9.78. The van der Waals surface area contributed by atoms with E-state index in [9.17, 15) is 0 Å². The van der Waals surface area contributed by atoms with E-state index in [0.717, 1.165) is 13.0 Å². The molecule has 0 bridgehead atoms. The van der Waals surface area contributed by atoms with Crippen LogP contribution in [0, 0.1) is 6.92 Å². The van der Waals surface area contributed by atoms with Crippen molar-refractivity contribution in [2.75, 3.05) is 7.05 Å². The number of hydrogen-bond donors (Lipinski definition) is 1. The van der Waals surface area contributed by atoms with Crippen LogP contribution in [0.4, 0.5) is 0 Å². The Bertz CT molecular complexity index is 586. The van der Waals surface area contributed by atoms with E-state index in [1.807, 2.05) is 0 Å². The summed E-state index contributed by atoms with van der Waals surface area (Å²) < 4.78 is 2.19. The number of hydrogen-bond acceptors (Lipinski definition) is 2. The molecule has 0 spiro atoms. The molecule has 1 aromatic heterocycles. The van der Waals surface area contributed by atoms with Crippen molar-refractivity contribution in [2.45, 2.75) is 45.2 Å².